The van der Waals surface area contributed by atoms with Crippen molar-refractivity contribution in [3.8, 4) is 0 Å². The Morgan fingerprint density at radius 1 is 1.12 bits per heavy atom. The summed E-state index contributed by atoms with van der Waals surface area (Å²) in [7, 11) is 1.35. The van der Waals surface area contributed by atoms with E-state index >= 15 is 0 Å². The minimum atomic E-state index is -0.669. The second kappa shape index (κ2) is 17.0. The van der Waals surface area contributed by atoms with E-state index in [0.29, 0.717) is 19.5 Å². The first-order valence-corrected chi connectivity index (χ1v) is 15.0. The summed E-state index contributed by atoms with van der Waals surface area (Å²) in [5.41, 5.74) is 1.14. The number of amides is 2. The summed E-state index contributed by atoms with van der Waals surface area (Å²) < 4.78 is 4.93. The molecule has 3 atom stereocenters. The summed E-state index contributed by atoms with van der Waals surface area (Å²) in [4.78, 5) is 42.9. The van der Waals surface area contributed by atoms with Gasteiger partial charge in [-0.25, -0.2) is 4.79 Å². The Hall–Kier alpha value is -2.04. The van der Waals surface area contributed by atoms with Crippen molar-refractivity contribution >= 4 is 65.1 Å². The predicted molar refractivity (Wildman–Crippen MR) is 166 cm³/mol. The van der Waals surface area contributed by atoms with Crippen molar-refractivity contribution in [2.45, 2.75) is 56.8 Å². The van der Waals surface area contributed by atoms with Crippen molar-refractivity contribution in [1.82, 2.24) is 20.4 Å². The topological polar surface area (TPSA) is 91.0 Å². The molecule has 8 nitrogen and oxygen atoms in total. The number of thioether (sulfide) groups is 1. The Labute approximate surface area is 254 Å². The third kappa shape index (κ3) is 8.98. The molecule has 2 aliphatic rings. The Balaban J connectivity index is 0.00000280. The van der Waals surface area contributed by atoms with Gasteiger partial charge in [0.25, 0.3) is 0 Å². The molecule has 0 saturated carbocycles. The first-order chi connectivity index (χ1) is 18.5. The third-order valence-electron chi connectivity index (χ3n) is 7.56. The van der Waals surface area contributed by atoms with Gasteiger partial charge in [0.15, 0.2) is 0 Å². The van der Waals surface area contributed by atoms with Crippen LogP contribution in [-0.2, 0) is 25.7 Å². The SMILES string of the molecule is COC(=O)[C@H](CCSC)NC(=O)CN(Cc1cccc2ccccc12)C[C@@H]1CCCN1C(=O)[C@@H]1CCCN1.Cl.Cl. The molecule has 2 heterocycles. The molecule has 4 rings (SSSR count). The summed E-state index contributed by atoms with van der Waals surface area (Å²) in [6.07, 6.45) is 6.29. The molecule has 0 aromatic heterocycles. The number of benzene rings is 2. The van der Waals surface area contributed by atoms with Crippen LogP contribution in [0.3, 0.4) is 0 Å². The molecule has 2 aromatic rings. The van der Waals surface area contributed by atoms with E-state index in [1.165, 1.54) is 7.11 Å². The van der Waals surface area contributed by atoms with Crippen LogP contribution in [0, 0.1) is 0 Å². The molecule has 0 aliphatic carbocycles. The molecule has 2 amide bonds. The van der Waals surface area contributed by atoms with Crippen LogP contribution in [0.5, 0.6) is 0 Å². The summed E-state index contributed by atoms with van der Waals surface area (Å²) in [5, 5.41) is 8.55. The van der Waals surface area contributed by atoms with E-state index in [2.05, 4.69) is 39.8 Å². The Morgan fingerprint density at radius 2 is 1.90 bits per heavy atom. The lowest BCUT2D eigenvalue weighted by atomic mass is 10.0. The molecule has 222 valence electrons. The molecule has 0 unspecified atom stereocenters. The lowest BCUT2D eigenvalue weighted by molar-refractivity contribution is -0.145. The van der Waals surface area contributed by atoms with Crippen molar-refractivity contribution in [3.05, 3.63) is 48.0 Å². The zero-order valence-corrected chi connectivity index (χ0v) is 25.8. The average molecular weight is 614 g/mol. The van der Waals surface area contributed by atoms with Gasteiger partial charge >= 0.3 is 5.97 Å². The molecule has 2 aromatic carbocycles. The van der Waals surface area contributed by atoms with Gasteiger partial charge in [0.2, 0.25) is 11.8 Å². The summed E-state index contributed by atoms with van der Waals surface area (Å²) in [6, 6.07) is 13.8. The molecule has 2 N–H and O–H groups in total. The number of rotatable bonds is 12. The van der Waals surface area contributed by atoms with Crippen LogP contribution in [0.15, 0.2) is 42.5 Å². The van der Waals surface area contributed by atoms with Gasteiger partial charge in [0.05, 0.1) is 19.7 Å². The predicted octanol–water partition coefficient (Wildman–Crippen LogP) is 3.64. The first kappa shape index (κ1) is 34.2. The first-order valence-electron chi connectivity index (χ1n) is 13.6. The molecule has 0 bridgehead atoms. The largest absolute Gasteiger partial charge is 0.467 e. The second-order valence-electron chi connectivity index (χ2n) is 10.2. The molecular formula is C29H42Cl2N4O4S. The smallest absolute Gasteiger partial charge is 0.328 e. The molecular weight excluding hydrogens is 571 g/mol. The fourth-order valence-corrected chi connectivity index (χ4v) is 6.11. The Kier molecular flexibility index (Phi) is 14.6. The van der Waals surface area contributed by atoms with Crippen LogP contribution in [0.4, 0.5) is 0 Å². The summed E-state index contributed by atoms with van der Waals surface area (Å²) in [6.45, 7) is 2.96. The van der Waals surface area contributed by atoms with Crippen molar-refractivity contribution in [2.24, 2.45) is 0 Å². The fourth-order valence-electron chi connectivity index (χ4n) is 5.64. The molecule has 40 heavy (non-hydrogen) atoms. The van der Waals surface area contributed by atoms with Gasteiger partial charge in [-0.05, 0) is 67.0 Å². The monoisotopic (exact) mass is 612 g/mol. The maximum atomic E-state index is 13.3. The fraction of sp³-hybridized carbons (Fsp3) is 0.552. The van der Waals surface area contributed by atoms with Gasteiger partial charge in [-0.3, -0.25) is 14.5 Å². The number of ether oxygens (including phenoxy) is 1. The summed E-state index contributed by atoms with van der Waals surface area (Å²) >= 11 is 1.62. The normalized spacial score (nSPS) is 19.1. The highest BCUT2D eigenvalue weighted by Gasteiger charge is 2.35. The van der Waals surface area contributed by atoms with E-state index in [-0.39, 0.29) is 55.3 Å². The number of likely N-dealkylation sites (tertiary alicyclic amines) is 1. The minimum absolute atomic E-state index is 0. The second-order valence-corrected chi connectivity index (χ2v) is 11.2. The standard InChI is InChI=1S/C29H40N4O4S.2ClH/c1-37-29(36)26(14-17-38-2)31-27(34)20-32(18-22-10-5-9-21-8-3-4-12-24(21)22)19-23-11-7-16-33(23)28(35)25-13-6-15-30-25;;/h3-5,8-10,12,23,25-26,30H,6-7,11,13-20H2,1-2H3,(H,31,34);2*1H/t23-,25-,26-;;/m0../s1. The zero-order valence-electron chi connectivity index (χ0n) is 23.3. The number of nitrogens with zero attached hydrogens (tertiary/aromatic N) is 2. The van der Waals surface area contributed by atoms with E-state index in [9.17, 15) is 14.4 Å². The van der Waals surface area contributed by atoms with Gasteiger partial charge in [0.1, 0.15) is 6.04 Å². The van der Waals surface area contributed by atoms with Crippen LogP contribution in [-0.4, -0.2) is 91.0 Å². The molecule has 2 saturated heterocycles. The van der Waals surface area contributed by atoms with Gasteiger partial charge in [-0.2, -0.15) is 11.8 Å². The highest BCUT2D eigenvalue weighted by Crippen LogP contribution is 2.24. The Bertz CT molecular complexity index is 1110. The number of halogens is 2. The van der Waals surface area contributed by atoms with Crippen LogP contribution in [0.1, 0.15) is 37.7 Å². The number of methoxy groups -OCH3 is 1. The van der Waals surface area contributed by atoms with E-state index in [0.717, 1.165) is 60.9 Å². The zero-order chi connectivity index (χ0) is 26.9. The highest BCUT2D eigenvalue weighted by atomic mass is 35.5. The van der Waals surface area contributed by atoms with Gasteiger partial charge < -0.3 is 20.3 Å². The van der Waals surface area contributed by atoms with Crippen molar-refractivity contribution in [3.63, 3.8) is 0 Å². The van der Waals surface area contributed by atoms with E-state index in [4.69, 9.17) is 4.74 Å². The minimum Gasteiger partial charge on any atom is -0.467 e. The lowest BCUT2D eigenvalue weighted by Gasteiger charge is -2.32. The van der Waals surface area contributed by atoms with Crippen LogP contribution < -0.4 is 10.6 Å². The number of hydrogen-bond acceptors (Lipinski definition) is 7. The number of fused-ring (bicyclic) bond motifs is 1. The van der Waals surface area contributed by atoms with E-state index in [1.807, 2.05) is 29.4 Å². The lowest BCUT2D eigenvalue weighted by Crippen LogP contribution is -2.51. The Morgan fingerprint density at radius 3 is 2.62 bits per heavy atom. The molecule has 0 radical (unpaired) electrons. The number of carbonyl (C=O) groups is 3. The quantitative estimate of drug-likeness (QED) is 0.354. The number of nitrogens with one attached hydrogen (secondary N) is 2. The highest BCUT2D eigenvalue weighted by molar-refractivity contribution is 7.98. The van der Waals surface area contributed by atoms with Gasteiger partial charge in [-0.15, -0.1) is 24.8 Å². The van der Waals surface area contributed by atoms with Gasteiger partial charge in [0, 0.05) is 25.7 Å². The number of hydrogen-bond donors (Lipinski definition) is 2. The summed E-state index contributed by atoms with van der Waals surface area (Å²) in [5.74, 6) is 0.288. The van der Waals surface area contributed by atoms with Crippen LogP contribution in [0.2, 0.25) is 0 Å². The number of carbonyl (C=O) groups excluding carboxylic acids is 3. The molecule has 0 spiro atoms. The average Bonchev–Trinajstić information content (AvgIpc) is 3.63. The van der Waals surface area contributed by atoms with Gasteiger partial charge in [-0.1, -0.05) is 42.5 Å². The van der Waals surface area contributed by atoms with Crippen LogP contribution >= 0.6 is 36.6 Å². The molecule has 11 heteroatoms. The maximum Gasteiger partial charge on any atom is 0.328 e. The van der Waals surface area contributed by atoms with Crippen molar-refractivity contribution in [1.29, 1.82) is 0 Å². The number of esters is 1. The van der Waals surface area contributed by atoms with Crippen molar-refractivity contribution < 1.29 is 19.1 Å². The van der Waals surface area contributed by atoms with Crippen LogP contribution in [0.25, 0.3) is 10.8 Å². The molecule has 2 aliphatic heterocycles. The van der Waals surface area contributed by atoms with E-state index < -0.39 is 12.0 Å². The maximum absolute atomic E-state index is 13.3. The third-order valence-corrected chi connectivity index (χ3v) is 8.20. The molecule has 2 fully saturated rings. The van der Waals surface area contributed by atoms with E-state index in [1.54, 1.807) is 11.8 Å². The van der Waals surface area contributed by atoms with Crippen molar-refractivity contribution in [2.75, 3.05) is 45.3 Å².